The lowest BCUT2D eigenvalue weighted by atomic mass is 9.98. The van der Waals surface area contributed by atoms with E-state index in [0.717, 1.165) is 26.9 Å². The SMILES string of the molecule is C/C(=N\N=C(N)N)c1sc(-c2ccc(-c3cccc4ccccc34)cc2)nc1C. The van der Waals surface area contributed by atoms with Gasteiger partial charge in [0, 0.05) is 5.56 Å². The number of guanidine groups is 1. The summed E-state index contributed by atoms with van der Waals surface area (Å²) in [5.74, 6) is -0.0595. The van der Waals surface area contributed by atoms with Crippen LogP contribution in [0.4, 0.5) is 0 Å². The van der Waals surface area contributed by atoms with Gasteiger partial charge >= 0.3 is 0 Å². The summed E-state index contributed by atoms with van der Waals surface area (Å²) >= 11 is 1.58. The van der Waals surface area contributed by atoms with Crippen LogP contribution in [0, 0.1) is 6.92 Å². The fourth-order valence-electron chi connectivity index (χ4n) is 3.30. The van der Waals surface area contributed by atoms with E-state index in [1.54, 1.807) is 11.3 Å². The Balaban J connectivity index is 1.68. The second kappa shape index (κ2) is 7.85. The predicted molar refractivity (Wildman–Crippen MR) is 123 cm³/mol. The highest BCUT2D eigenvalue weighted by Crippen LogP contribution is 2.32. The first-order chi connectivity index (χ1) is 14.0. The largest absolute Gasteiger partial charge is 0.369 e. The van der Waals surface area contributed by atoms with Crippen molar-refractivity contribution in [3.05, 3.63) is 77.3 Å². The monoisotopic (exact) mass is 399 g/mol. The molecule has 4 rings (SSSR count). The van der Waals surface area contributed by atoms with Gasteiger partial charge in [0.15, 0.2) is 0 Å². The van der Waals surface area contributed by atoms with Gasteiger partial charge in [-0.3, -0.25) is 0 Å². The zero-order valence-corrected chi connectivity index (χ0v) is 17.1. The highest BCUT2D eigenvalue weighted by atomic mass is 32.1. The van der Waals surface area contributed by atoms with Crippen LogP contribution in [0.5, 0.6) is 0 Å². The van der Waals surface area contributed by atoms with Crippen molar-refractivity contribution in [2.24, 2.45) is 21.7 Å². The molecule has 0 saturated carbocycles. The van der Waals surface area contributed by atoms with E-state index in [9.17, 15) is 0 Å². The number of hydrogen-bond acceptors (Lipinski definition) is 4. The quantitative estimate of drug-likeness (QED) is 0.289. The number of hydrogen-bond donors (Lipinski definition) is 2. The fourth-order valence-corrected chi connectivity index (χ4v) is 4.31. The van der Waals surface area contributed by atoms with Crippen molar-refractivity contribution in [1.29, 1.82) is 0 Å². The van der Waals surface area contributed by atoms with Crippen LogP contribution >= 0.6 is 11.3 Å². The van der Waals surface area contributed by atoms with E-state index in [1.165, 1.54) is 21.9 Å². The number of aromatic nitrogens is 1. The molecule has 1 aromatic heterocycles. The minimum Gasteiger partial charge on any atom is -0.369 e. The van der Waals surface area contributed by atoms with Crippen molar-refractivity contribution < 1.29 is 0 Å². The van der Waals surface area contributed by atoms with Crippen LogP contribution in [0.2, 0.25) is 0 Å². The topological polar surface area (TPSA) is 89.6 Å². The lowest BCUT2D eigenvalue weighted by molar-refractivity contribution is 1.19. The molecule has 0 atom stereocenters. The Kier molecular flexibility index (Phi) is 5.10. The molecule has 4 aromatic rings. The molecule has 0 saturated heterocycles. The molecule has 1 heterocycles. The van der Waals surface area contributed by atoms with Gasteiger partial charge in [-0.25, -0.2) is 4.98 Å². The molecule has 0 bridgehead atoms. The molecule has 6 heteroatoms. The zero-order chi connectivity index (χ0) is 20.4. The van der Waals surface area contributed by atoms with Crippen molar-refractivity contribution in [2.75, 3.05) is 0 Å². The smallest absolute Gasteiger partial charge is 0.211 e. The van der Waals surface area contributed by atoms with E-state index in [2.05, 4.69) is 76.9 Å². The molecule has 29 heavy (non-hydrogen) atoms. The number of benzene rings is 3. The number of thiazole rings is 1. The summed E-state index contributed by atoms with van der Waals surface area (Å²) in [6.45, 7) is 3.84. The van der Waals surface area contributed by atoms with Crippen LogP contribution in [0.1, 0.15) is 17.5 Å². The lowest BCUT2D eigenvalue weighted by Gasteiger charge is -2.07. The summed E-state index contributed by atoms with van der Waals surface area (Å²) in [4.78, 5) is 5.68. The van der Waals surface area contributed by atoms with Crippen LogP contribution in [0.25, 0.3) is 32.5 Å². The Bertz CT molecular complexity index is 1230. The molecule has 0 fully saturated rings. The molecule has 5 nitrogen and oxygen atoms in total. The number of rotatable bonds is 4. The Hall–Kier alpha value is -3.51. The third kappa shape index (κ3) is 3.88. The standard InChI is InChI=1S/C23H21N5S/c1-14-21(15(2)27-28-23(24)25)29-22(26-14)18-12-10-17(11-13-18)20-9-5-7-16-6-3-4-8-19(16)20/h3-13H,1-2H3,(H4,24,25,28)/b27-15+. The minimum atomic E-state index is -0.0595. The van der Waals surface area contributed by atoms with E-state index in [0.29, 0.717) is 0 Å². The van der Waals surface area contributed by atoms with E-state index < -0.39 is 0 Å². The predicted octanol–water partition coefficient (Wildman–Crippen LogP) is 4.94. The molecule has 0 unspecified atom stereocenters. The van der Waals surface area contributed by atoms with Crippen molar-refractivity contribution >= 4 is 33.8 Å². The molecule has 3 aromatic carbocycles. The van der Waals surface area contributed by atoms with Crippen LogP contribution in [0.15, 0.2) is 76.9 Å². The number of aryl methyl sites for hydroxylation is 1. The lowest BCUT2D eigenvalue weighted by Crippen LogP contribution is -2.22. The Morgan fingerprint density at radius 2 is 1.55 bits per heavy atom. The molecule has 0 aliphatic heterocycles. The summed E-state index contributed by atoms with van der Waals surface area (Å²) in [5.41, 5.74) is 15.9. The highest BCUT2D eigenvalue weighted by Gasteiger charge is 2.12. The van der Waals surface area contributed by atoms with E-state index in [1.807, 2.05) is 13.8 Å². The molecule has 0 aliphatic rings. The Morgan fingerprint density at radius 3 is 2.31 bits per heavy atom. The molecule has 0 amide bonds. The normalized spacial score (nSPS) is 11.6. The van der Waals surface area contributed by atoms with Gasteiger partial charge in [0.05, 0.1) is 16.3 Å². The van der Waals surface area contributed by atoms with E-state index >= 15 is 0 Å². The summed E-state index contributed by atoms with van der Waals surface area (Å²) in [6, 6.07) is 23.4. The van der Waals surface area contributed by atoms with Crippen LogP contribution in [0.3, 0.4) is 0 Å². The van der Waals surface area contributed by atoms with Gasteiger partial charge in [-0.1, -0.05) is 66.7 Å². The average Bonchev–Trinajstić information content (AvgIpc) is 3.13. The van der Waals surface area contributed by atoms with Gasteiger partial charge in [0.2, 0.25) is 5.96 Å². The number of nitrogens with two attached hydrogens (primary N) is 2. The van der Waals surface area contributed by atoms with Crippen LogP contribution in [-0.4, -0.2) is 16.7 Å². The van der Waals surface area contributed by atoms with Crippen molar-refractivity contribution in [3.8, 4) is 21.7 Å². The summed E-state index contributed by atoms with van der Waals surface area (Å²) in [5, 5.41) is 11.2. The second-order valence-electron chi connectivity index (χ2n) is 6.75. The van der Waals surface area contributed by atoms with Gasteiger partial charge in [0.1, 0.15) is 5.01 Å². The molecule has 144 valence electrons. The Labute approximate surface area is 173 Å². The second-order valence-corrected chi connectivity index (χ2v) is 7.75. The van der Waals surface area contributed by atoms with Crippen molar-refractivity contribution in [2.45, 2.75) is 13.8 Å². The van der Waals surface area contributed by atoms with Crippen LogP contribution in [-0.2, 0) is 0 Å². The first-order valence-electron chi connectivity index (χ1n) is 9.22. The third-order valence-corrected chi connectivity index (χ3v) is 5.99. The average molecular weight is 400 g/mol. The molecule has 4 N–H and O–H groups in total. The summed E-state index contributed by atoms with van der Waals surface area (Å²) < 4.78 is 0. The van der Waals surface area contributed by atoms with Gasteiger partial charge in [-0.15, -0.1) is 16.4 Å². The fraction of sp³-hybridized carbons (Fsp3) is 0.0870. The minimum absolute atomic E-state index is 0.0595. The van der Waals surface area contributed by atoms with Gasteiger partial charge in [-0.2, -0.15) is 5.10 Å². The number of nitrogens with zero attached hydrogens (tertiary/aromatic N) is 3. The van der Waals surface area contributed by atoms with Crippen LogP contribution < -0.4 is 11.5 Å². The maximum Gasteiger partial charge on any atom is 0.211 e. The molecular weight excluding hydrogens is 378 g/mol. The van der Waals surface area contributed by atoms with Gasteiger partial charge in [0.25, 0.3) is 0 Å². The third-order valence-electron chi connectivity index (χ3n) is 4.67. The molecular formula is C23H21N5S. The van der Waals surface area contributed by atoms with Crippen molar-refractivity contribution in [1.82, 2.24) is 4.98 Å². The molecule has 0 spiro atoms. The van der Waals surface area contributed by atoms with E-state index in [-0.39, 0.29) is 5.96 Å². The maximum atomic E-state index is 5.36. The zero-order valence-electron chi connectivity index (χ0n) is 16.3. The summed E-state index contributed by atoms with van der Waals surface area (Å²) in [7, 11) is 0. The summed E-state index contributed by atoms with van der Waals surface area (Å²) in [6.07, 6.45) is 0. The van der Waals surface area contributed by atoms with Gasteiger partial charge in [-0.05, 0) is 35.7 Å². The highest BCUT2D eigenvalue weighted by molar-refractivity contribution is 7.17. The molecule has 0 radical (unpaired) electrons. The van der Waals surface area contributed by atoms with E-state index in [4.69, 9.17) is 16.5 Å². The first kappa shape index (κ1) is 18.8. The molecule has 0 aliphatic carbocycles. The first-order valence-corrected chi connectivity index (χ1v) is 10.0. The Morgan fingerprint density at radius 1 is 0.862 bits per heavy atom. The van der Waals surface area contributed by atoms with Gasteiger partial charge < -0.3 is 11.5 Å². The van der Waals surface area contributed by atoms with Crippen molar-refractivity contribution in [3.63, 3.8) is 0 Å². The maximum absolute atomic E-state index is 5.36. The number of fused-ring (bicyclic) bond motifs is 1.